The van der Waals surface area contributed by atoms with Crippen LogP contribution in [-0.4, -0.2) is 48.9 Å². The summed E-state index contributed by atoms with van der Waals surface area (Å²) in [6.45, 7) is 4.17. The second-order valence-electron chi connectivity index (χ2n) is 9.68. The number of carbonyl (C=O) groups excluding carboxylic acids is 2. The molecular weight excluding hydrogens is 514 g/mol. The normalized spacial score (nSPS) is 12.2. The highest BCUT2D eigenvalue weighted by atomic mass is 32.1. The lowest BCUT2D eigenvalue weighted by Gasteiger charge is -2.18. The van der Waals surface area contributed by atoms with Crippen molar-refractivity contribution < 1.29 is 14.7 Å². The molecule has 0 unspecified atom stereocenters. The first kappa shape index (κ1) is 26.3. The predicted octanol–water partition coefficient (Wildman–Crippen LogP) is 3.66. The Labute approximate surface area is 228 Å². The van der Waals surface area contributed by atoms with Gasteiger partial charge in [0.2, 0.25) is 0 Å². The standard InChI is InChI=1S/C28H29N7O3S/c1-16(2)12-19(15-36)32-27(38)24-23(18-7-9-30-10-8-18)34-25-20(4-3-11-35(24)25)26(37)31-14-17-5-6-21-22(13-17)39-28(29)33-21/h3-11,13,16,19,36H,12,14-15H2,1-2H3,(H2,29,33)(H,31,37)(H,32,38)/t19-/m0/s1. The van der Waals surface area contributed by atoms with E-state index in [1.165, 1.54) is 11.3 Å². The molecule has 0 bridgehead atoms. The maximum Gasteiger partial charge on any atom is 0.270 e. The van der Waals surface area contributed by atoms with Gasteiger partial charge in [-0.3, -0.25) is 19.0 Å². The third kappa shape index (κ3) is 5.59. The van der Waals surface area contributed by atoms with E-state index in [1.807, 2.05) is 32.0 Å². The number of hydrogen-bond acceptors (Lipinski definition) is 8. The minimum absolute atomic E-state index is 0.182. The number of benzene rings is 1. The van der Waals surface area contributed by atoms with Crippen LogP contribution in [0.3, 0.4) is 0 Å². The van der Waals surface area contributed by atoms with E-state index >= 15 is 0 Å². The van der Waals surface area contributed by atoms with Gasteiger partial charge in [-0.2, -0.15) is 0 Å². The molecule has 2 amide bonds. The average Bonchev–Trinajstić information content (AvgIpc) is 3.50. The van der Waals surface area contributed by atoms with Crippen LogP contribution in [0, 0.1) is 5.92 Å². The molecule has 0 aliphatic carbocycles. The minimum Gasteiger partial charge on any atom is -0.394 e. The Balaban J connectivity index is 1.48. The number of nitrogens with one attached hydrogen (secondary N) is 2. The zero-order valence-corrected chi connectivity index (χ0v) is 22.4. The van der Waals surface area contributed by atoms with Crippen LogP contribution in [0.25, 0.3) is 27.1 Å². The number of aromatic nitrogens is 4. The van der Waals surface area contributed by atoms with Gasteiger partial charge in [0.25, 0.3) is 11.8 Å². The van der Waals surface area contributed by atoms with Crippen molar-refractivity contribution in [2.45, 2.75) is 32.9 Å². The summed E-state index contributed by atoms with van der Waals surface area (Å²) in [6.07, 6.45) is 5.57. The number of nitrogen functional groups attached to an aromatic ring is 1. The van der Waals surface area contributed by atoms with Gasteiger partial charge in [-0.1, -0.05) is 31.3 Å². The Bertz CT molecular complexity index is 1650. The van der Waals surface area contributed by atoms with Crippen LogP contribution < -0.4 is 16.4 Å². The Morgan fingerprint density at radius 3 is 2.64 bits per heavy atom. The molecule has 1 atom stereocenters. The molecule has 0 radical (unpaired) electrons. The summed E-state index contributed by atoms with van der Waals surface area (Å²) in [5, 5.41) is 16.2. The van der Waals surface area contributed by atoms with Crippen molar-refractivity contribution in [3.63, 3.8) is 0 Å². The van der Waals surface area contributed by atoms with E-state index < -0.39 is 6.04 Å². The summed E-state index contributed by atoms with van der Waals surface area (Å²) < 4.78 is 2.57. The Kier molecular flexibility index (Phi) is 7.53. The summed E-state index contributed by atoms with van der Waals surface area (Å²) in [5.41, 5.74) is 9.60. The van der Waals surface area contributed by atoms with Crippen molar-refractivity contribution in [1.29, 1.82) is 0 Å². The molecule has 200 valence electrons. The summed E-state index contributed by atoms with van der Waals surface area (Å²) in [7, 11) is 0. The van der Waals surface area contributed by atoms with Gasteiger partial charge < -0.3 is 21.5 Å². The van der Waals surface area contributed by atoms with Crippen LogP contribution in [0.15, 0.2) is 61.1 Å². The summed E-state index contributed by atoms with van der Waals surface area (Å²) >= 11 is 1.40. The molecule has 39 heavy (non-hydrogen) atoms. The van der Waals surface area contributed by atoms with Crippen LogP contribution in [0.2, 0.25) is 0 Å². The lowest BCUT2D eigenvalue weighted by Crippen LogP contribution is -2.39. The Hall–Kier alpha value is -4.35. The number of amides is 2. The third-order valence-corrected chi connectivity index (χ3v) is 7.14. The highest BCUT2D eigenvalue weighted by molar-refractivity contribution is 7.22. The zero-order chi connectivity index (χ0) is 27.5. The smallest absolute Gasteiger partial charge is 0.270 e. The Morgan fingerprint density at radius 1 is 1.10 bits per heavy atom. The van der Waals surface area contributed by atoms with Gasteiger partial charge in [-0.05, 0) is 54.3 Å². The van der Waals surface area contributed by atoms with Crippen LogP contribution in [-0.2, 0) is 6.54 Å². The van der Waals surface area contributed by atoms with Crippen LogP contribution in [0.1, 0.15) is 46.7 Å². The van der Waals surface area contributed by atoms with Gasteiger partial charge in [-0.15, -0.1) is 0 Å². The molecule has 0 spiro atoms. The molecule has 0 fully saturated rings. The van der Waals surface area contributed by atoms with Crippen molar-refractivity contribution in [3.8, 4) is 11.3 Å². The number of aliphatic hydroxyl groups excluding tert-OH is 1. The van der Waals surface area contributed by atoms with E-state index in [2.05, 4.69) is 20.6 Å². The lowest BCUT2D eigenvalue weighted by atomic mass is 10.0. The third-order valence-electron chi connectivity index (χ3n) is 6.30. The van der Waals surface area contributed by atoms with Gasteiger partial charge in [-0.25, -0.2) is 9.97 Å². The molecule has 4 heterocycles. The molecule has 5 rings (SSSR count). The van der Waals surface area contributed by atoms with Crippen LogP contribution in [0.5, 0.6) is 0 Å². The highest BCUT2D eigenvalue weighted by Gasteiger charge is 2.25. The topological polar surface area (TPSA) is 148 Å². The first-order valence-corrected chi connectivity index (χ1v) is 13.4. The average molecular weight is 544 g/mol. The van der Waals surface area contributed by atoms with Gasteiger partial charge in [0.1, 0.15) is 11.4 Å². The van der Waals surface area contributed by atoms with Gasteiger partial charge in [0.05, 0.1) is 28.4 Å². The molecule has 10 nitrogen and oxygen atoms in total. The van der Waals surface area contributed by atoms with Crippen molar-refractivity contribution in [2.75, 3.05) is 12.3 Å². The fourth-order valence-electron chi connectivity index (χ4n) is 4.55. The molecule has 0 aliphatic heterocycles. The largest absolute Gasteiger partial charge is 0.394 e. The molecule has 11 heteroatoms. The number of rotatable bonds is 9. The van der Waals surface area contributed by atoms with Crippen molar-refractivity contribution in [3.05, 3.63) is 77.9 Å². The van der Waals surface area contributed by atoms with Crippen molar-refractivity contribution >= 4 is 44.1 Å². The van der Waals surface area contributed by atoms with E-state index in [9.17, 15) is 14.7 Å². The number of fused-ring (bicyclic) bond motifs is 2. The first-order chi connectivity index (χ1) is 18.8. The number of hydrogen-bond donors (Lipinski definition) is 4. The number of thiazole rings is 1. The molecular formula is C28H29N7O3S. The first-order valence-electron chi connectivity index (χ1n) is 12.6. The van der Waals surface area contributed by atoms with E-state index in [0.29, 0.717) is 40.6 Å². The SMILES string of the molecule is CC(C)C[C@@H](CO)NC(=O)c1c(-c2ccncc2)nc2c(C(=O)NCc3ccc4nc(N)sc4c3)cccn12. The number of anilines is 1. The van der Waals surface area contributed by atoms with Crippen molar-refractivity contribution in [2.24, 2.45) is 5.92 Å². The molecule has 0 saturated heterocycles. The quantitative estimate of drug-likeness (QED) is 0.222. The van der Waals surface area contributed by atoms with Gasteiger partial charge in [0.15, 0.2) is 10.8 Å². The monoisotopic (exact) mass is 543 g/mol. The zero-order valence-electron chi connectivity index (χ0n) is 21.6. The molecule has 0 aliphatic rings. The summed E-state index contributed by atoms with van der Waals surface area (Å²) in [5.74, 6) is -0.423. The van der Waals surface area contributed by atoms with E-state index in [0.717, 1.165) is 15.8 Å². The highest BCUT2D eigenvalue weighted by Crippen LogP contribution is 2.27. The van der Waals surface area contributed by atoms with Gasteiger partial charge >= 0.3 is 0 Å². The fraction of sp³-hybridized carbons (Fsp3) is 0.250. The number of nitrogens with two attached hydrogens (primary N) is 1. The second kappa shape index (κ2) is 11.2. The van der Waals surface area contributed by atoms with E-state index in [1.54, 1.807) is 47.3 Å². The molecule has 5 aromatic rings. The molecule has 1 aromatic carbocycles. The number of pyridine rings is 2. The summed E-state index contributed by atoms with van der Waals surface area (Å²) in [6, 6.07) is 12.2. The van der Waals surface area contributed by atoms with Crippen LogP contribution >= 0.6 is 11.3 Å². The number of carbonyl (C=O) groups is 2. The van der Waals surface area contributed by atoms with Crippen LogP contribution in [0.4, 0.5) is 5.13 Å². The Morgan fingerprint density at radius 2 is 1.90 bits per heavy atom. The van der Waals surface area contributed by atoms with E-state index in [-0.39, 0.29) is 30.0 Å². The molecule has 5 N–H and O–H groups in total. The maximum absolute atomic E-state index is 13.6. The maximum atomic E-state index is 13.6. The minimum atomic E-state index is -0.411. The molecule has 4 aromatic heterocycles. The predicted molar refractivity (Wildman–Crippen MR) is 151 cm³/mol. The fourth-order valence-corrected chi connectivity index (χ4v) is 5.35. The van der Waals surface area contributed by atoms with Gasteiger partial charge in [0, 0.05) is 30.7 Å². The summed E-state index contributed by atoms with van der Waals surface area (Å²) in [4.78, 5) is 40.0. The second-order valence-corrected chi connectivity index (χ2v) is 10.7. The number of nitrogens with zero attached hydrogens (tertiary/aromatic N) is 4. The number of aliphatic hydroxyl groups is 1. The van der Waals surface area contributed by atoms with E-state index in [4.69, 9.17) is 10.7 Å². The molecule has 0 saturated carbocycles. The van der Waals surface area contributed by atoms with Crippen molar-refractivity contribution in [1.82, 2.24) is 30.0 Å². The number of imidazole rings is 1. The lowest BCUT2D eigenvalue weighted by molar-refractivity contribution is 0.0901.